The molecule has 0 unspecified atom stereocenters. The third-order valence-corrected chi connectivity index (χ3v) is 9.07. The molecule has 3 aromatic heterocycles. The van der Waals surface area contributed by atoms with Crippen LogP contribution in [-0.2, 0) is 28.5 Å². The maximum absolute atomic E-state index is 13.8. The number of aromatic nitrogens is 4. The number of esters is 1. The number of ether oxygens (including phenoxy) is 1. The predicted octanol–water partition coefficient (Wildman–Crippen LogP) is 5.30. The first kappa shape index (κ1) is 31.4. The van der Waals surface area contributed by atoms with E-state index in [1.807, 2.05) is 103 Å². The van der Waals surface area contributed by atoms with Crippen LogP contribution in [0.3, 0.4) is 0 Å². The first-order valence-electron chi connectivity index (χ1n) is 15.9. The number of rotatable bonds is 9. The van der Waals surface area contributed by atoms with Crippen LogP contribution in [0.1, 0.15) is 22.3 Å². The molecule has 9 nitrogen and oxygen atoms in total. The van der Waals surface area contributed by atoms with Crippen LogP contribution < -0.4 is 16.6 Å². The third-order valence-electron chi connectivity index (χ3n) is 9.07. The van der Waals surface area contributed by atoms with Crippen molar-refractivity contribution in [1.29, 1.82) is 0 Å². The van der Waals surface area contributed by atoms with Crippen molar-refractivity contribution >= 4 is 27.8 Å². The van der Waals surface area contributed by atoms with Gasteiger partial charge in [0.1, 0.15) is 6.04 Å². The highest BCUT2D eigenvalue weighted by Gasteiger charge is 2.40. The second-order valence-corrected chi connectivity index (χ2v) is 11.8. The van der Waals surface area contributed by atoms with Gasteiger partial charge in [-0.05, 0) is 46.9 Å². The summed E-state index contributed by atoms with van der Waals surface area (Å²) in [4.78, 5) is 49.8. The molecule has 9 heteroatoms. The Morgan fingerprint density at radius 3 is 1.98 bits per heavy atom. The van der Waals surface area contributed by atoms with Crippen molar-refractivity contribution in [3.8, 4) is 5.69 Å². The average molecular weight is 648 g/mol. The fourth-order valence-electron chi connectivity index (χ4n) is 6.72. The number of hydrogen-bond acceptors (Lipinski definition) is 7. The monoisotopic (exact) mass is 647 g/mol. The molecular weight excluding hydrogens is 614 g/mol. The molecular formula is C40H33N5O4. The van der Waals surface area contributed by atoms with Crippen molar-refractivity contribution in [2.75, 3.05) is 7.11 Å². The van der Waals surface area contributed by atoms with Crippen LogP contribution >= 0.6 is 0 Å². The summed E-state index contributed by atoms with van der Waals surface area (Å²) in [6.45, 7) is 0. The van der Waals surface area contributed by atoms with Crippen LogP contribution in [0.2, 0.25) is 0 Å². The molecule has 0 aliphatic carbocycles. The first-order valence-corrected chi connectivity index (χ1v) is 15.9. The second kappa shape index (κ2) is 13.1. The molecule has 0 bridgehead atoms. The summed E-state index contributed by atoms with van der Waals surface area (Å²) in [7, 11) is 3.00. The Balaban J connectivity index is 1.40. The predicted molar refractivity (Wildman–Crippen MR) is 190 cm³/mol. The number of hydrogen-bond donors (Lipinski definition) is 1. The van der Waals surface area contributed by atoms with E-state index in [0.717, 1.165) is 26.8 Å². The molecule has 0 saturated carbocycles. The standard InChI is InChI=1S/C40H33N5O4/c1-44-34-22-24-41-26-32(34)37(46)45(39(44)48)35-21-20-27(31-19-12-23-42-36(31)35)25-33(38(47)49-2)43-40(28-13-6-3-7-14-28,29-15-8-4-9-16-29)30-17-10-5-11-18-30/h3-24,26,33,43H,25H2,1-2H3/t33-/m0/s1. The van der Waals surface area contributed by atoms with E-state index in [0.29, 0.717) is 27.5 Å². The maximum Gasteiger partial charge on any atom is 0.335 e. The zero-order chi connectivity index (χ0) is 34.0. The van der Waals surface area contributed by atoms with Crippen molar-refractivity contribution in [2.24, 2.45) is 7.05 Å². The van der Waals surface area contributed by atoms with E-state index in [-0.39, 0.29) is 6.42 Å². The molecule has 4 aromatic carbocycles. The Bertz CT molecular complexity index is 2310. The Hall–Kier alpha value is -6.19. The van der Waals surface area contributed by atoms with Crippen LogP contribution in [0, 0.1) is 0 Å². The Morgan fingerprint density at radius 2 is 1.39 bits per heavy atom. The highest BCUT2D eigenvalue weighted by atomic mass is 16.5. The van der Waals surface area contributed by atoms with Gasteiger partial charge in [-0.3, -0.25) is 29.4 Å². The highest BCUT2D eigenvalue weighted by Crippen LogP contribution is 2.38. The van der Waals surface area contributed by atoms with Gasteiger partial charge < -0.3 is 4.74 Å². The number of aryl methyl sites for hydroxylation is 1. The SMILES string of the molecule is COC(=O)[C@H](Cc1ccc(-n2c(=O)c3cnccc3n(C)c2=O)c2ncccc12)NC(c1ccccc1)(c1ccccc1)c1ccccc1. The summed E-state index contributed by atoms with van der Waals surface area (Å²) >= 11 is 0. The first-order chi connectivity index (χ1) is 23.9. The van der Waals surface area contributed by atoms with Gasteiger partial charge in [0.05, 0.1) is 34.8 Å². The van der Waals surface area contributed by atoms with Crippen LogP contribution in [0.25, 0.3) is 27.5 Å². The molecule has 0 saturated heterocycles. The van der Waals surface area contributed by atoms with Gasteiger partial charge in [0.15, 0.2) is 0 Å². The number of nitrogens with zero attached hydrogens (tertiary/aromatic N) is 4. The fourth-order valence-corrected chi connectivity index (χ4v) is 6.72. The molecule has 7 rings (SSSR count). The largest absolute Gasteiger partial charge is 0.468 e. The molecule has 0 aliphatic heterocycles. The smallest absolute Gasteiger partial charge is 0.335 e. The molecule has 0 fully saturated rings. The van der Waals surface area contributed by atoms with E-state index in [1.54, 1.807) is 37.6 Å². The lowest BCUT2D eigenvalue weighted by Crippen LogP contribution is -2.53. The van der Waals surface area contributed by atoms with Crippen LogP contribution in [-0.4, -0.2) is 38.2 Å². The molecule has 3 heterocycles. The topological polar surface area (TPSA) is 108 Å². The molecule has 242 valence electrons. The third kappa shape index (κ3) is 5.50. The quantitative estimate of drug-likeness (QED) is 0.167. The zero-order valence-electron chi connectivity index (χ0n) is 27.0. The van der Waals surface area contributed by atoms with E-state index in [2.05, 4.69) is 15.3 Å². The summed E-state index contributed by atoms with van der Waals surface area (Å²) in [6, 6.07) is 38.1. The molecule has 0 amide bonds. The van der Waals surface area contributed by atoms with Gasteiger partial charge in [0.25, 0.3) is 5.56 Å². The summed E-state index contributed by atoms with van der Waals surface area (Å²) in [5.74, 6) is -0.444. The van der Waals surface area contributed by atoms with Crippen molar-refractivity contribution < 1.29 is 9.53 Å². The van der Waals surface area contributed by atoms with E-state index in [4.69, 9.17) is 4.74 Å². The van der Waals surface area contributed by atoms with E-state index < -0.39 is 28.8 Å². The summed E-state index contributed by atoms with van der Waals surface area (Å²) in [5, 5.41) is 4.77. The van der Waals surface area contributed by atoms with Crippen LogP contribution in [0.5, 0.6) is 0 Å². The number of nitrogens with one attached hydrogen (secondary N) is 1. The lowest BCUT2D eigenvalue weighted by molar-refractivity contribution is -0.143. The molecule has 7 aromatic rings. The Kier molecular flexibility index (Phi) is 8.42. The van der Waals surface area contributed by atoms with Gasteiger partial charge >= 0.3 is 11.7 Å². The lowest BCUT2D eigenvalue weighted by Gasteiger charge is -2.39. The number of carbonyl (C=O) groups is 1. The molecule has 0 radical (unpaired) electrons. The lowest BCUT2D eigenvalue weighted by atomic mass is 9.76. The van der Waals surface area contributed by atoms with Crippen molar-refractivity contribution in [2.45, 2.75) is 18.0 Å². The summed E-state index contributed by atoms with van der Waals surface area (Å²) in [5.41, 5.74) is 2.98. The fraction of sp³-hybridized carbons (Fsp3) is 0.125. The van der Waals surface area contributed by atoms with Gasteiger partial charge in [-0.25, -0.2) is 9.36 Å². The van der Waals surface area contributed by atoms with Crippen molar-refractivity contribution in [3.63, 3.8) is 0 Å². The van der Waals surface area contributed by atoms with Gasteiger partial charge in [-0.15, -0.1) is 0 Å². The number of methoxy groups -OCH3 is 1. The van der Waals surface area contributed by atoms with Gasteiger partial charge in [0.2, 0.25) is 0 Å². The number of fused-ring (bicyclic) bond motifs is 2. The molecule has 1 atom stereocenters. The Morgan fingerprint density at radius 1 is 0.776 bits per heavy atom. The Labute approximate surface area is 282 Å². The van der Waals surface area contributed by atoms with E-state index in [9.17, 15) is 14.4 Å². The average Bonchev–Trinajstić information content (AvgIpc) is 3.17. The van der Waals surface area contributed by atoms with E-state index in [1.165, 1.54) is 17.9 Å². The normalized spacial score (nSPS) is 12.2. The summed E-state index contributed by atoms with van der Waals surface area (Å²) in [6.07, 6.45) is 4.85. The number of benzene rings is 4. The van der Waals surface area contributed by atoms with Crippen molar-refractivity contribution in [3.05, 3.63) is 183 Å². The maximum atomic E-state index is 13.8. The van der Waals surface area contributed by atoms with Gasteiger partial charge in [0, 0.05) is 31.0 Å². The number of pyridine rings is 2. The van der Waals surface area contributed by atoms with Gasteiger partial charge in [-0.1, -0.05) is 103 Å². The zero-order valence-corrected chi connectivity index (χ0v) is 27.0. The minimum absolute atomic E-state index is 0.220. The molecule has 1 N–H and O–H groups in total. The van der Waals surface area contributed by atoms with Crippen LogP contribution in [0.4, 0.5) is 0 Å². The van der Waals surface area contributed by atoms with E-state index >= 15 is 0 Å². The van der Waals surface area contributed by atoms with Crippen LogP contribution in [0.15, 0.2) is 150 Å². The highest BCUT2D eigenvalue weighted by molar-refractivity contribution is 5.90. The number of carbonyl (C=O) groups excluding carboxylic acids is 1. The van der Waals surface area contributed by atoms with Crippen molar-refractivity contribution in [1.82, 2.24) is 24.4 Å². The molecule has 49 heavy (non-hydrogen) atoms. The van der Waals surface area contributed by atoms with Gasteiger partial charge in [-0.2, -0.15) is 0 Å². The molecule has 0 spiro atoms. The summed E-state index contributed by atoms with van der Waals surface area (Å²) < 4.78 is 7.97. The molecule has 0 aliphatic rings. The minimum atomic E-state index is -0.935. The second-order valence-electron chi connectivity index (χ2n) is 11.8. The minimum Gasteiger partial charge on any atom is -0.468 e.